The largest absolute Gasteiger partial charge is 0.493 e. The highest BCUT2D eigenvalue weighted by molar-refractivity contribution is 5.95. The second-order valence-corrected chi connectivity index (χ2v) is 5.71. The van der Waals surface area contributed by atoms with Crippen molar-refractivity contribution in [1.29, 1.82) is 0 Å². The molecule has 1 fully saturated rings. The number of carbonyl (C=O) groups is 3. The van der Waals surface area contributed by atoms with Crippen LogP contribution in [0.5, 0.6) is 11.5 Å². The zero-order chi connectivity index (χ0) is 20.4. The fourth-order valence-electron chi connectivity index (χ4n) is 2.52. The van der Waals surface area contributed by atoms with Crippen molar-refractivity contribution < 1.29 is 34.1 Å². The third-order valence-electron chi connectivity index (χ3n) is 3.84. The molecule has 1 amide bonds. The molecule has 27 heavy (non-hydrogen) atoms. The average molecular weight is 380 g/mol. The van der Waals surface area contributed by atoms with Gasteiger partial charge in [0.15, 0.2) is 11.5 Å². The lowest BCUT2D eigenvalue weighted by Crippen LogP contribution is -2.37. The van der Waals surface area contributed by atoms with Gasteiger partial charge in [-0.3, -0.25) is 9.69 Å². The first-order valence-electron chi connectivity index (χ1n) is 8.15. The number of ether oxygens (including phenoxy) is 2. The number of methoxy groups -OCH3 is 2. The Hall–Kier alpha value is -3.07. The number of rotatable bonds is 6. The van der Waals surface area contributed by atoms with Crippen LogP contribution in [0.3, 0.4) is 0 Å². The van der Waals surface area contributed by atoms with Gasteiger partial charge in [-0.1, -0.05) is 0 Å². The first-order valence-corrected chi connectivity index (χ1v) is 8.15. The van der Waals surface area contributed by atoms with E-state index in [9.17, 15) is 14.4 Å². The molecule has 0 aliphatic carbocycles. The molecule has 9 heteroatoms. The number of benzene rings is 1. The van der Waals surface area contributed by atoms with E-state index >= 15 is 0 Å². The number of aliphatic carboxylic acids is 2. The van der Waals surface area contributed by atoms with Crippen molar-refractivity contribution in [2.75, 3.05) is 33.1 Å². The lowest BCUT2D eigenvalue weighted by molar-refractivity contribution is -0.134. The van der Waals surface area contributed by atoms with Crippen LogP contribution in [-0.2, 0) is 14.4 Å². The SMILES string of the molecule is COc1ccc(NC(=O)C2CCCN2C)cc1OC.O=C(O)/C=C/C(=O)O. The summed E-state index contributed by atoms with van der Waals surface area (Å²) in [4.78, 5) is 33.3. The Morgan fingerprint density at radius 3 is 2.15 bits per heavy atom. The van der Waals surface area contributed by atoms with Gasteiger partial charge in [0.1, 0.15) is 0 Å². The standard InChI is InChI=1S/C14H20N2O3.C4H4O4/c1-16-8-4-5-11(16)14(17)15-10-6-7-12(18-2)13(9-10)19-3;5-3(6)1-2-4(7)8/h6-7,9,11H,4-5,8H2,1-3H3,(H,15,17);1-2H,(H,5,6)(H,7,8)/b;2-1+. The van der Waals surface area contributed by atoms with Crippen molar-refractivity contribution in [3.8, 4) is 11.5 Å². The third-order valence-corrected chi connectivity index (χ3v) is 3.84. The summed E-state index contributed by atoms with van der Waals surface area (Å²) in [6, 6.07) is 5.33. The van der Waals surface area contributed by atoms with Crippen LogP contribution in [0.2, 0.25) is 0 Å². The molecule has 1 saturated heterocycles. The molecule has 0 bridgehead atoms. The molecule has 1 heterocycles. The van der Waals surface area contributed by atoms with E-state index in [4.69, 9.17) is 19.7 Å². The number of carbonyl (C=O) groups excluding carboxylic acids is 1. The third kappa shape index (κ3) is 7.37. The average Bonchev–Trinajstić information content (AvgIpc) is 3.06. The van der Waals surface area contributed by atoms with E-state index in [-0.39, 0.29) is 11.9 Å². The lowest BCUT2D eigenvalue weighted by atomic mass is 10.2. The Morgan fingerprint density at radius 1 is 1.11 bits per heavy atom. The predicted octanol–water partition coefficient (Wildman–Crippen LogP) is 1.45. The van der Waals surface area contributed by atoms with E-state index in [1.165, 1.54) is 0 Å². The second-order valence-electron chi connectivity index (χ2n) is 5.71. The van der Waals surface area contributed by atoms with E-state index in [0.29, 0.717) is 23.7 Å². The van der Waals surface area contributed by atoms with E-state index in [1.54, 1.807) is 26.4 Å². The Bertz CT molecular complexity index is 687. The summed E-state index contributed by atoms with van der Waals surface area (Å²) in [5.41, 5.74) is 0.725. The fourth-order valence-corrected chi connectivity index (χ4v) is 2.52. The summed E-state index contributed by atoms with van der Waals surface area (Å²) in [5, 5.41) is 18.5. The highest BCUT2D eigenvalue weighted by Crippen LogP contribution is 2.30. The molecule has 0 aromatic heterocycles. The molecule has 1 aliphatic rings. The van der Waals surface area contributed by atoms with Crippen molar-refractivity contribution in [1.82, 2.24) is 4.90 Å². The molecule has 1 atom stereocenters. The Morgan fingerprint density at radius 2 is 1.70 bits per heavy atom. The van der Waals surface area contributed by atoms with Gasteiger partial charge in [-0.25, -0.2) is 9.59 Å². The molecular weight excluding hydrogens is 356 g/mol. The second kappa shape index (κ2) is 10.8. The van der Waals surface area contributed by atoms with Crippen LogP contribution in [0.4, 0.5) is 5.69 Å². The van der Waals surface area contributed by atoms with Crippen LogP contribution in [0, 0.1) is 0 Å². The molecule has 1 aromatic carbocycles. The monoisotopic (exact) mass is 380 g/mol. The van der Waals surface area contributed by atoms with Crippen molar-refractivity contribution in [2.24, 2.45) is 0 Å². The maximum atomic E-state index is 12.2. The summed E-state index contributed by atoms with van der Waals surface area (Å²) in [7, 11) is 5.14. The Kier molecular flexibility index (Phi) is 8.80. The van der Waals surface area contributed by atoms with Gasteiger partial charge in [0.2, 0.25) is 5.91 Å². The number of nitrogens with zero attached hydrogens (tertiary/aromatic N) is 1. The Labute approximate surface area is 157 Å². The van der Waals surface area contributed by atoms with Gasteiger partial charge in [0.05, 0.1) is 20.3 Å². The number of hydrogen-bond donors (Lipinski definition) is 3. The van der Waals surface area contributed by atoms with Crippen molar-refractivity contribution in [3.63, 3.8) is 0 Å². The van der Waals surface area contributed by atoms with E-state index in [1.807, 2.05) is 13.1 Å². The van der Waals surface area contributed by atoms with Crippen LogP contribution in [0.15, 0.2) is 30.4 Å². The molecule has 1 aliphatic heterocycles. The lowest BCUT2D eigenvalue weighted by Gasteiger charge is -2.19. The number of anilines is 1. The highest BCUT2D eigenvalue weighted by atomic mass is 16.5. The minimum Gasteiger partial charge on any atom is -0.493 e. The molecule has 148 valence electrons. The fraction of sp³-hybridized carbons (Fsp3) is 0.389. The van der Waals surface area contributed by atoms with Crippen LogP contribution in [0.1, 0.15) is 12.8 Å². The smallest absolute Gasteiger partial charge is 0.328 e. The zero-order valence-electron chi connectivity index (χ0n) is 15.5. The molecular formula is C18H24N2O7. The maximum absolute atomic E-state index is 12.2. The van der Waals surface area contributed by atoms with Gasteiger partial charge in [0.25, 0.3) is 0 Å². The van der Waals surface area contributed by atoms with E-state index in [0.717, 1.165) is 25.1 Å². The number of likely N-dealkylation sites (tertiary alicyclic amines) is 1. The van der Waals surface area contributed by atoms with E-state index in [2.05, 4.69) is 10.2 Å². The van der Waals surface area contributed by atoms with Crippen LogP contribution in [0.25, 0.3) is 0 Å². The minimum atomic E-state index is -1.26. The number of hydrogen-bond acceptors (Lipinski definition) is 6. The first-order chi connectivity index (χ1) is 12.8. The highest BCUT2D eigenvalue weighted by Gasteiger charge is 2.27. The summed E-state index contributed by atoms with van der Waals surface area (Å²) < 4.78 is 10.4. The normalized spacial score (nSPS) is 16.3. The van der Waals surface area contributed by atoms with Crippen molar-refractivity contribution >= 4 is 23.5 Å². The minimum absolute atomic E-state index is 0.0342. The number of carboxylic acid groups (broad SMARTS) is 2. The van der Waals surface area contributed by atoms with Gasteiger partial charge >= 0.3 is 11.9 Å². The quantitative estimate of drug-likeness (QED) is 0.633. The summed E-state index contributed by atoms with van der Waals surface area (Å²) in [5.74, 6) is -1.22. The molecule has 9 nitrogen and oxygen atoms in total. The molecule has 0 spiro atoms. The Balaban J connectivity index is 0.000000387. The number of amides is 1. The van der Waals surface area contributed by atoms with Crippen LogP contribution in [-0.4, -0.2) is 66.8 Å². The maximum Gasteiger partial charge on any atom is 0.328 e. The molecule has 0 saturated carbocycles. The summed E-state index contributed by atoms with van der Waals surface area (Å²) >= 11 is 0. The summed E-state index contributed by atoms with van der Waals surface area (Å²) in [6.07, 6.45) is 3.10. The van der Waals surface area contributed by atoms with Gasteiger partial charge < -0.3 is 25.0 Å². The number of likely N-dealkylation sites (N-methyl/N-ethyl adjacent to an activating group) is 1. The van der Waals surface area contributed by atoms with Gasteiger partial charge in [-0.2, -0.15) is 0 Å². The van der Waals surface area contributed by atoms with E-state index < -0.39 is 11.9 Å². The number of carboxylic acids is 2. The van der Waals surface area contributed by atoms with Crippen molar-refractivity contribution in [2.45, 2.75) is 18.9 Å². The summed E-state index contributed by atoms with van der Waals surface area (Å²) in [6.45, 7) is 0.976. The molecule has 1 unspecified atom stereocenters. The van der Waals surface area contributed by atoms with Gasteiger partial charge in [-0.05, 0) is 38.6 Å². The molecule has 0 radical (unpaired) electrons. The zero-order valence-corrected chi connectivity index (χ0v) is 15.5. The molecule has 2 rings (SSSR count). The first kappa shape index (κ1) is 22.0. The molecule has 1 aromatic rings. The van der Waals surface area contributed by atoms with Gasteiger partial charge in [0, 0.05) is 23.9 Å². The predicted molar refractivity (Wildman–Crippen MR) is 98.2 cm³/mol. The molecule has 3 N–H and O–H groups in total. The van der Waals surface area contributed by atoms with Crippen LogP contribution >= 0.6 is 0 Å². The number of nitrogens with one attached hydrogen (secondary N) is 1. The van der Waals surface area contributed by atoms with Gasteiger partial charge in [-0.15, -0.1) is 0 Å². The van der Waals surface area contributed by atoms with Crippen LogP contribution < -0.4 is 14.8 Å². The van der Waals surface area contributed by atoms with Crippen molar-refractivity contribution in [3.05, 3.63) is 30.4 Å². The topological polar surface area (TPSA) is 125 Å².